The zero-order valence-corrected chi connectivity index (χ0v) is 14.2. The van der Waals surface area contributed by atoms with E-state index in [-0.39, 0.29) is 17.9 Å². The fourth-order valence-corrected chi connectivity index (χ4v) is 2.98. The molecule has 1 aromatic carbocycles. The van der Waals surface area contributed by atoms with Crippen molar-refractivity contribution in [3.63, 3.8) is 0 Å². The maximum atomic E-state index is 11.0. The van der Waals surface area contributed by atoms with E-state index in [2.05, 4.69) is 18.7 Å². The number of rotatable bonds is 7. The van der Waals surface area contributed by atoms with Gasteiger partial charge in [-0.05, 0) is 51.8 Å². The number of nitro benzene ring substituents is 1. The van der Waals surface area contributed by atoms with Crippen LogP contribution in [-0.2, 0) is 4.74 Å². The summed E-state index contributed by atoms with van der Waals surface area (Å²) in [6.45, 7) is 9.48. The van der Waals surface area contributed by atoms with Crippen LogP contribution in [-0.4, -0.2) is 48.3 Å². The first-order valence-corrected chi connectivity index (χ1v) is 8.21. The van der Waals surface area contributed by atoms with Crippen molar-refractivity contribution in [2.24, 2.45) is 0 Å². The summed E-state index contributed by atoms with van der Waals surface area (Å²) in [6, 6.07) is 5.06. The van der Waals surface area contributed by atoms with Gasteiger partial charge in [-0.25, -0.2) is 0 Å². The van der Waals surface area contributed by atoms with Crippen LogP contribution in [0.1, 0.15) is 32.3 Å². The molecule has 1 heterocycles. The third-order valence-corrected chi connectivity index (χ3v) is 3.93. The van der Waals surface area contributed by atoms with Crippen LogP contribution in [0.15, 0.2) is 18.2 Å². The van der Waals surface area contributed by atoms with Crippen molar-refractivity contribution in [3.05, 3.63) is 33.9 Å². The van der Waals surface area contributed by atoms with Crippen LogP contribution >= 0.6 is 0 Å². The van der Waals surface area contributed by atoms with Crippen molar-refractivity contribution >= 4 is 5.69 Å². The Morgan fingerprint density at radius 3 is 2.65 bits per heavy atom. The average Bonchev–Trinajstić information content (AvgIpc) is 2.47. The largest absolute Gasteiger partial charge is 0.487 e. The number of hydrogen-bond donors (Lipinski definition) is 0. The molecule has 0 amide bonds. The summed E-state index contributed by atoms with van der Waals surface area (Å²) in [5.74, 6) is 0.356. The van der Waals surface area contributed by atoms with E-state index in [1.807, 2.05) is 13.0 Å². The predicted octanol–water partition coefficient (Wildman–Crippen LogP) is 3.17. The van der Waals surface area contributed by atoms with Gasteiger partial charge in [0, 0.05) is 19.2 Å². The van der Waals surface area contributed by atoms with Gasteiger partial charge in [-0.3, -0.25) is 15.0 Å². The highest BCUT2D eigenvalue weighted by atomic mass is 16.6. The first-order valence-electron chi connectivity index (χ1n) is 8.21. The van der Waals surface area contributed by atoms with Crippen molar-refractivity contribution in [2.45, 2.75) is 45.8 Å². The fourth-order valence-electron chi connectivity index (χ4n) is 2.98. The molecule has 0 radical (unpaired) electrons. The number of benzene rings is 1. The lowest BCUT2D eigenvalue weighted by Crippen LogP contribution is -2.45. The summed E-state index contributed by atoms with van der Waals surface area (Å²) < 4.78 is 11.3. The average molecular weight is 322 g/mol. The molecule has 2 rings (SSSR count). The molecule has 0 N–H and O–H groups in total. The molecule has 1 fully saturated rings. The van der Waals surface area contributed by atoms with Gasteiger partial charge in [-0.1, -0.05) is 6.07 Å². The van der Waals surface area contributed by atoms with Crippen LogP contribution in [0, 0.1) is 17.0 Å². The third-order valence-electron chi connectivity index (χ3n) is 3.93. The molecule has 2 unspecified atom stereocenters. The van der Waals surface area contributed by atoms with Crippen LogP contribution < -0.4 is 4.74 Å². The Kier molecular flexibility index (Phi) is 6.36. The number of unbranched alkanes of at least 4 members (excludes halogenated alkanes) is 1. The summed E-state index contributed by atoms with van der Waals surface area (Å²) in [5, 5.41) is 11.0. The van der Waals surface area contributed by atoms with E-state index in [1.54, 1.807) is 12.1 Å². The number of hydrogen-bond acceptors (Lipinski definition) is 5. The maximum absolute atomic E-state index is 11.0. The summed E-state index contributed by atoms with van der Waals surface area (Å²) in [4.78, 5) is 13.1. The second kappa shape index (κ2) is 8.26. The van der Waals surface area contributed by atoms with E-state index >= 15 is 0 Å². The van der Waals surface area contributed by atoms with Gasteiger partial charge in [0.2, 0.25) is 0 Å². The van der Waals surface area contributed by atoms with E-state index in [0.29, 0.717) is 12.4 Å². The minimum absolute atomic E-state index is 0.0424. The molecule has 6 heteroatoms. The first kappa shape index (κ1) is 17.7. The van der Waals surface area contributed by atoms with Crippen LogP contribution in [0.4, 0.5) is 5.69 Å². The topological polar surface area (TPSA) is 64.8 Å². The normalized spacial score (nSPS) is 22.0. The smallest absolute Gasteiger partial charge is 0.311 e. The second-order valence-corrected chi connectivity index (χ2v) is 6.30. The van der Waals surface area contributed by atoms with E-state index in [0.717, 1.165) is 38.0 Å². The zero-order chi connectivity index (χ0) is 16.8. The molecule has 128 valence electrons. The van der Waals surface area contributed by atoms with Crippen LogP contribution in [0.25, 0.3) is 0 Å². The third kappa shape index (κ3) is 5.48. The number of morpholine rings is 1. The molecule has 23 heavy (non-hydrogen) atoms. The fraction of sp³-hybridized carbons (Fsp3) is 0.647. The molecule has 0 aliphatic carbocycles. The molecule has 2 atom stereocenters. The monoisotopic (exact) mass is 322 g/mol. The summed E-state index contributed by atoms with van der Waals surface area (Å²) in [5.41, 5.74) is 0.903. The van der Waals surface area contributed by atoms with Crippen molar-refractivity contribution in [3.8, 4) is 5.75 Å². The van der Waals surface area contributed by atoms with Crippen molar-refractivity contribution in [2.75, 3.05) is 26.2 Å². The van der Waals surface area contributed by atoms with Gasteiger partial charge in [0.15, 0.2) is 5.75 Å². The predicted molar refractivity (Wildman–Crippen MR) is 89.0 cm³/mol. The minimum atomic E-state index is -0.390. The summed E-state index contributed by atoms with van der Waals surface area (Å²) >= 11 is 0. The lowest BCUT2D eigenvalue weighted by atomic mass is 10.2. The molecule has 1 aliphatic heterocycles. The van der Waals surface area contributed by atoms with Crippen LogP contribution in [0.5, 0.6) is 5.75 Å². The number of nitro groups is 1. The number of nitrogens with zero attached hydrogens (tertiary/aromatic N) is 2. The number of ether oxygens (including phenoxy) is 2. The Morgan fingerprint density at radius 2 is 2.00 bits per heavy atom. The van der Waals surface area contributed by atoms with Gasteiger partial charge in [0.25, 0.3) is 0 Å². The number of aryl methyl sites for hydroxylation is 1. The molecule has 1 aromatic rings. The van der Waals surface area contributed by atoms with Gasteiger partial charge in [-0.2, -0.15) is 0 Å². The van der Waals surface area contributed by atoms with Crippen LogP contribution in [0.2, 0.25) is 0 Å². The Hall–Kier alpha value is -1.66. The Balaban J connectivity index is 1.73. The summed E-state index contributed by atoms with van der Waals surface area (Å²) in [6.07, 6.45) is 2.46. The molecule has 0 aromatic heterocycles. The lowest BCUT2D eigenvalue weighted by molar-refractivity contribution is -0.385. The summed E-state index contributed by atoms with van der Waals surface area (Å²) in [7, 11) is 0. The highest BCUT2D eigenvalue weighted by molar-refractivity contribution is 5.48. The van der Waals surface area contributed by atoms with E-state index in [1.165, 1.54) is 0 Å². The SMILES string of the molecule is Cc1ccc(OCCCCN2CC(C)OC(C)C2)c([N+](=O)[O-])c1. The molecular formula is C17H26N2O4. The van der Waals surface area contributed by atoms with Gasteiger partial charge < -0.3 is 9.47 Å². The molecule has 0 saturated carbocycles. The Labute approximate surface area is 137 Å². The quantitative estimate of drug-likeness (QED) is 0.438. The second-order valence-electron chi connectivity index (χ2n) is 6.30. The molecule has 1 saturated heterocycles. The lowest BCUT2D eigenvalue weighted by Gasteiger charge is -2.35. The Bertz CT molecular complexity index is 525. The highest BCUT2D eigenvalue weighted by Crippen LogP contribution is 2.27. The first-order chi connectivity index (χ1) is 11.0. The highest BCUT2D eigenvalue weighted by Gasteiger charge is 2.21. The molecule has 0 bridgehead atoms. The van der Waals surface area contributed by atoms with Gasteiger partial charge in [-0.15, -0.1) is 0 Å². The van der Waals surface area contributed by atoms with Crippen molar-refractivity contribution in [1.82, 2.24) is 4.90 Å². The standard InChI is InChI=1S/C17H26N2O4/c1-13-6-7-17(16(10-13)19(20)21)22-9-5-4-8-18-11-14(2)23-15(3)12-18/h6-7,10,14-15H,4-5,8-9,11-12H2,1-3H3. The minimum Gasteiger partial charge on any atom is -0.487 e. The van der Waals surface area contributed by atoms with E-state index < -0.39 is 4.92 Å². The molecule has 0 spiro atoms. The van der Waals surface area contributed by atoms with E-state index in [4.69, 9.17) is 9.47 Å². The van der Waals surface area contributed by atoms with Crippen LogP contribution in [0.3, 0.4) is 0 Å². The molecule has 6 nitrogen and oxygen atoms in total. The molecular weight excluding hydrogens is 296 g/mol. The van der Waals surface area contributed by atoms with Crippen molar-refractivity contribution in [1.29, 1.82) is 0 Å². The van der Waals surface area contributed by atoms with Gasteiger partial charge >= 0.3 is 5.69 Å². The van der Waals surface area contributed by atoms with Gasteiger partial charge in [0.1, 0.15) is 0 Å². The Morgan fingerprint density at radius 1 is 1.30 bits per heavy atom. The zero-order valence-electron chi connectivity index (χ0n) is 14.2. The van der Waals surface area contributed by atoms with Gasteiger partial charge in [0.05, 0.1) is 23.7 Å². The van der Waals surface area contributed by atoms with Crippen molar-refractivity contribution < 1.29 is 14.4 Å². The molecule has 1 aliphatic rings. The van der Waals surface area contributed by atoms with E-state index in [9.17, 15) is 10.1 Å². The maximum Gasteiger partial charge on any atom is 0.311 e.